The third-order valence-electron chi connectivity index (χ3n) is 6.25. The molecule has 0 amide bonds. The van der Waals surface area contributed by atoms with E-state index in [4.69, 9.17) is 14.5 Å². The Morgan fingerprint density at radius 2 is 1.91 bits per heavy atom. The first-order chi connectivity index (χ1) is 16.7. The van der Waals surface area contributed by atoms with E-state index in [0.29, 0.717) is 24.0 Å². The van der Waals surface area contributed by atoms with E-state index in [1.165, 1.54) is 0 Å². The second-order valence-electron chi connectivity index (χ2n) is 10.6. The van der Waals surface area contributed by atoms with Gasteiger partial charge in [-0.3, -0.25) is 14.8 Å². The molecule has 1 N–H and O–H groups in total. The summed E-state index contributed by atoms with van der Waals surface area (Å²) in [5, 5.41) is 9.34. The Balaban J connectivity index is 1.55. The third-order valence-corrected chi connectivity index (χ3v) is 6.25. The first kappa shape index (κ1) is 24.7. The summed E-state index contributed by atoms with van der Waals surface area (Å²) in [5.41, 5.74) is 5.06. The van der Waals surface area contributed by atoms with Gasteiger partial charge in [0.05, 0.1) is 31.6 Å². The highest BCUT2D eigenvalue weighted by atomic mass is 16.5. The van der Waals surface area contributed by atoms with Crippen LogP contribution in [0, 0.1) is 11.3 Å². The van der Waals surface area contributed by atoms with E-state index in [1.54, 1.807) is 25.7 Å². The Hall–Kier alpha value is -3.41. The van der Waals surface area contributed by atoms with Crippen LogP contribution in [0.15, 0.2) is 55.0 Å². The van der Waals surface area contributed by atoms with Crippen molar-refractivity contribution in [1.29, 1.82) is 0 Å². The molecule has 2 heterocycles. The molecule has 1 unspecified atom stereocenters. The van der Waals surface area contributed by atoms with Gasteiger partial charge in [0.15, 0.2) is 0 Å². The molecule has 1 saturated carbocycles. The molecule has 0 aliphatic heterocycles. The summed E-state index contributed by atoms with van der Waals surface area (Å²) in [6, 6.07) is 12.2. The number of benzene rings is 1. The summed E-state index contributed by atoms with van der Waals surface area (Å²) in [7, 11) is 1.63. The number of aliphatic carboxylic acids is 1. The van der Waals surface area contributed by atoms with Gasteiger partial charge < -0.3 is 14.6 Å². The van der Waals surface area contributed by atoms with Crippen molar-refractivity contribution in [2.75, 3.05) is 7.11 Å². The topological polar surface area (TPSA) is 81.5 Å². The number of hydrogen-bond acceptors (Lipinski definition) is 5. The number of rotatable bonds is 10. The van der Waals surface area contributed by atoms with Gasteiger partial charge in [0.2, 0.25) is 0 Å². The van der Waals surface area contributed by atoms with Crippen LogP contribution in [0.25, 0.3) is 11.3 Å². The predicted octanol–water partition coefficient (Wildman–Crippen LogP) is 6.29. The molecule has 6 nitrogen and oxygen atoms in total. The summed E-state index contributed by atoms with van der Waals surface area (Å²) >= 11 is 0. The lowest BCUT2D eigenvalue weighted by Crippen LogP contribution is -2.11. The summed E-state index contributed by atoms with van der Waals surface area (Å²) in [5.74, 6) is 1.21. The van der Waals surface area contributed by atoms with Crippen LogP contribution in [-0.4, -0.2) is 28.2 Å². The minimum Gasteiger partial charge on any atom is -0.495 e. The number of hydrogen-bond donors (Lipinski definition) is 1. The largest absolute Gasteiger partial charge is 0.495 e. The molecule has 1 aromatic carbocycles. The van der Waals surface area contributed by atoms with Gasteiger partial charge in [-0.25, -0.2) is 0 Å². The normalized spacial score (nSPS) is 14.4. The maximum atomic E-state index is 11.4. The number of nitrogens with zero attached hydrogens (tertiary/aromatic N) is 2. The van der Waals surface area contributed by atoms with Crippen LogP contribution in [0.4, 0.5) is 0 Å². The number of aromatic nitrogens is 2. The Labute approximate surface area is 207 Å². The van der Waals surface area contributed by atoms with E-state index in [-0.39, 0.29) is 17.8 Å². The van der Waals surface area contributed by atoms with Gasteiger partial charge in [-0.05, 0) is 65.3 Å². The fourth-order valence-electron chi connectivity index (χ4n) is 4.52. The fourth-order valence-corrected chi connectivity index (χ4v) is 4.52. The molecule has 184 valence electrons. The van der Waals surface area contributed by atoms with Crippen molar-refractivity contribution in [2.45, 2.75) is 59.0 Å². The number of methoxy groups -OCH3 is 1. The molecule has 1 atom stereocenters. The first-order valence-corrected chi connectivity index (χ1v) is 12.1. The molecule has 0 bridgehead atoms. The van der Waals surface area contributed by atoms with Crippen molar-refractivity contribution in [2.24, 2.45) is 11.3 Å². The van der Waals surface area contributed by atoms with Crippen molar-refractivity contribution in [3.05, 3.63) is 71.7 Å². The molecule has 1 aliphatic carbocycles. The highest BCUT2D eigenvalue weighted by Gasteiger charge is 2.33. The average molecular weight is 475 g/mol. The number of carbonyl (C=O) groups is 1. The van der Waals surface area contributed by atoms with Gasteiger partial charge in [-0.15, -0.1) is 0 Å². The lowest BCUT2D eigenvalue weighted by Gasteiger charge is -2.21. The van der Waals surface area contributed by atoms with E-state index >= 15 is 0 Å². The zero-order valence-electron chi connectivity index (χ0n) is 21.0. The van der Waals surface area contributed by atoms with Gasteiger partial charge in [-0.1, -0.05) is 45.0 Å². The Morgan fingerprint density at radius 1 is 1.11 bits per heavy atom. The molecule has 0 radical (unpaired) electrons. The van der Waals surface area contributed by atoms with Crippen LogP contribution >= 0.6 is 0 Å². The van der Waals surface area contributed by atoms with Gasteiger partial charge in [-0.2, -0.15) is 0 Å². The van der Waals surface area contributed by atoms with Crippen molar-refractivity contribution >= 4 is 5.97 Å². The van der Waals surface area contributed by atoms with Crippen molar-refractivity contribution < 1.29 is 19.4 Å². The summed E-state index contributed by atoms with van der Waals surface area (Å²) in [6.45, 7) is 7.00. The number of ether oxygens (including phenoxy) is 2. The Morgan fingerprint density at radius 3 is 2.60 bits per heavy atom. The number of pyridine rings is 2. The van der Waals surface area contributed by atoms with E-state index in [0.717, 1.165) is 47.2 Å². The maximum Gasteiger partial charge on any atom is 0.303 e. The predicted molar refractivity (Wildman–Crippen MR) is 136 cm³/mol. The zero-order chi connectivity index (χ0) is 25.0. The SMILES string of the molecule is COc1cncc(-c2ncc(OCc3cccc(C(CC(=O)O)C4CC4)c3)cc2CC(C)(C)C)c1. The van der Waals surface area contributed by atoms with Crippen LogP contribution in [0.5, 0.6) is 11.5 Å². The van der Waals surface area contributed by atoms with Crippen LogP contribution in [0.2, 0.25) is 0 Å². The van der Waals surface area contributed by atoms with Crippen LogP contribution in [-0.2, 0) is 17.8 Å². The van der Waals surface area contributed by atoms with E-state index in [2.05, 4.69) is 37.9 Å². The molecule has 0 spiro atoms. The molecule has 3 aromatic rings. The van der Waals surface area contributed by atoms with Crippen molar-refractivity contribution in [3.63, 3.8) is 0 Å². The highest BCUT2D eigenvalue weighted by Crippen LogP contribution is 2.44. The molecule has 35 heavy (non-hydrogen) atoms. The summed E-state index contributed by atoms with van der Waals surface area (Å²) in [4.78, 5) is 20.4. The number of carboxylic acid groups (broad SMARTS) is 1. The second kappa shape index (κ2) is 10.5. The molecule has 6 heteroatoms. The molecule has 0 saturated heterocycles. The molecular formula is C29H34N2O4. The van der Waals surface area contributed by atoms with Crippen molar-refractivity contribution in [3.8, 4) is 22.8 Å². The van der Waals surface area contributed by atoms with Gasteiger partial charge in [0, 0.05) is 11.8 Å². The minimum atomic E-state index is -0.743. The average Bonchev–Trinajstić information content (AvgIpc) is 3.66. The lowest BCUT2D eigenvalue weighted by molar-refractivity contribution is -0.137. The van der Waals surface area contributed by atoms with Gasteiger partial charge >= 0.3 is 5.97 Å². The molecular weight excluding hydrogens is 440 g/mol. The molecule has 1 aliphatic rings. The quantitative estimate of drug-likeness (QED) is 0.372. The van der Waals surface area contributed by atoms with Gasteiger partial charge in [0.25, 0.3) is 0 Å². The third kappa shape index (κ3) is 6.81. The summed E-state index contributed by atoms with van der Waals surface area (Å²) < 4.78 is 11.5. The van der Waals surface area contributed by atoms with Crippen molar-refractivity contribution in [1.82, 2.24) is 9.97 Å². The van der Waals surface area contributed by atoms with Crippen LogP contribution in [0.3, 0.4) is 0 Å². The lowest BCUT2D eigenvalue weighted by atomic mass is 9.86. The summed E-state index contributed by atoms with van der Waals surface area (Å²) in [6.07, 6.45) is 8.46. The maximum absolute atomic E-state index is 11.4. The highest BCUT2D eigenvalue weighted by molar-refractivity contribution is 5.68. The van der Waals surface area contributed by atoms with E-state index < -0.39 is 5.97 Å². The van der Waals surface area contributed by atoms with Gasteiger partial charge in [0.1, 0.15) is 18.1 Å². The Bertz CT molecular complexity index is 1180. The van der Waals surface area contributed by atoms with Crippen LogP contribution < -0.4 is 9.47 Å². The zero-order valence-corrected chi connectivity index (χ0v) is 21.0. The smallest absolute Gasteiger partial charge is 0.303 e. The number of carboxylic acids is 1. The van der Waals surface area contributed by atoms with E-state index in [1.807, 2.05) is 24.3 Å². The van der Waals surface area contributed by atoms with Crippen LogP contribution in [0.1, 0.15) is 62.6 Å². The first-order valence-electron chi connectivity index (χ1n) is 12.1. The molecule has 1 fully saturated rings. The minimum absolute atomic E-state index is 0.0671. The second-order valence-corrected chi connectivity index (χ2v) is 10.6. The Kier molecular flexibility index (Phi) is 7.39. The standard InChI is InChI=1S/C29H34N2O4/c1-29(2,3)14-22-11-25(17-31-28(22)23-12-24(34-4)16-30-15-23)35-18-19-6-5-7-21(10-19)26(13-27(32)33)20-8-9-20/h5-7,10-12,15-17,20,26H,8-9,13-14,18H2,1-4H3,(H,32,33). The molecule has 4 rings (SSSR count). The fraction of sp³-hybridized carbons (Fsp3) is 0.414. The van der Waals surface area contributed by atoms with E-state index in [9.17, 15) is 9.90 Å². The molecule has 2 aromatic heterocycles. The monoisotopic (exact) mass is 474 g/mol.